The minimum Gasteiger partial charge on any atom is -0.481 e. The number of rotatable bonds is 7. The lowest BCUT2D eigenvalue weighted by molar-refractivity contribution is -0.137. The molecule has 1 amide bonds. The molecular formula is C13H24N2O3. The molecule has 1 aliphatic rings. The number of carbonyl (C=O) groups is 2. The zero-order valence-electron chi connectivity index (χ0n) is 11.1. The quantitative estimate of drug-likeness (QED) is 0.714. The average molecular weight is 256 g/mol. The van der Waals surface area contributed by atoms with Crippen LogP contribution >= 0.6 is 0 Å². The Labute approximate surface area is 108 Å². The smallest absolute Gasteiger partial charge is 0.303 e. The molecule has 1 rings (SSSR count). The molecule has 1 heterocycles. The molecule has 2 unspecified atom stereocenters. The third-order valence-electron chi connectivity index (χ3n) is 3.63. The van der Waals surface area contributed by atoms with Crippen molar-refractivity contribution in [1.82, 2.24) is 4.90 Å². The summed E-state index contributed by atoms with van der Waals surface area (Å²) in [5.41, 5.74) is 5.44. The molecule has 0 aromatic heterocycles. The van der Waals surface area contributed by atoms with Crippen LogP contribution in [0.25, 0.3) is 0 Å². The van der Waals surface area contributed by atoms with Crippen molar-refractivity contribution >= 4 is 11.9 Å². The number of carbonyl (C=O) groups excluding carboxylic acids is 1. The third kappa shape index (κ3) is 4.64. The van der Waals surface area contributed by atoms with Crippen molar-refractivity contribution in [3.05, 3.63) is 0 Å². The molecule has 1 fully saturated rings. The van der Waals surface area contributed by atoms with E-state index in [2.05, 4.69) is 0 Å². The Kier molecular flexibility index (Phi) is 6.12. The number of nitrogens with two attached hydrogens (primary N) is 1. The van der Waals surface area contributed by atoms with E-state index in [0.29, 0.717) is 18.9 Å². The lowest BCUT2D eigenvalue weighted by Gasteiger charge is -2.20. The zero-order chi connectivity index (χ0) is 13.5. The number of carboxylic acids is 1. The van der Waals surface area contributed by atoms with Crippen molar-refractivity contribution in [3.63, 3.8) is 0 Å². The molecule has 2 atom stereocenters. The maximum Gasteiger partial charge on any atom is 0.303 e. The van der Waals surface area contributed by atoms with Crippen LogP contribution in [0.2, 0.25) is 0 Å². The highest BCUT2D eigenvalue weighted by Crippen LogP contribution is 2.23. The second-order valence-corrected chi connectivity index (χ2v) is 5.20. The van der Waals surface area contributed by atoms with Crippen molar-refractivity contribution in [2.75, 3.05) is 19.6 Å². The fraction of sp³-hybridized carbons (Fsp3) is 0.846. The Morgan fingerprint density at radius 3 is 2.83 bits per heavy atom. The highest BCUT2D eigenvalue weighted by Gasteiger charge is 2.28. The van der Waals surface area contributed by atoms with E-state index in [-0.39, 0.29) is 18.2 Å². The molecule has 0 saturated carbocycles. The fourth-order valence-electron chi connectivity index (χ4n) is 2.46. The van der Waals surface area contributed by atoms with Crippen LogP contribution < -0.4 is 5.73 Å². The summed E-state index contributed by atoms with van der Waals surface area (Å²) in [6, 6.07) is 0. The van der Waals surface area contributed by atoms with Crippen LogP contribution in [-0.4, -0.2) is 41.5 Å². The number of aliphatic carboxylic acids is 1. The molecule has 3 N–H and O–H groups in total. The Bertz CT molecular complexity index is 294. The van der Waals surface area contributed by atoms with Gasteiger partial charge in [-0.3, -0.25) is 9.59 Å². The summed E-state index contributed by atoms with van der Waals surface area (Å²) in [5, 5.41) is 8.64. The standard InChI is InChI=1S/C13H24N2O3/c1-10(3-2-7-14)13(18)15-8-6-11(9-15)4-5-12(16)17/h10-11H,2-9,14H2,1H3,(H,16,17). The second kappa shape index (κ2) is 7.36. The number of hydrogen-bond acceptors (Lipinski definition) is 3. The van der Waals surface area contributed by atoms with Crippen LogP contribution in [-0.2, 0) is 9.59 Å². The third-order valence-corrected chi connectivity index (χ3v) is 3.63. The van der Waals surface area contributed by atoms with Gasteiger partial charge in [-0.05, 0) is 38.1 Å². The summed E-state index contributed by atoms with van der Waals surface area (Å²) in [4.78, 5) is 24.5. The Morgan fingerprint density at radius 2 is 2.22 bits per heavy atom. The van der Waals surface area contributed by atoms with Gasteiger partial charge >= 0.3 is 5.97 Å². The van der Waals surface area contributed by atoms with E-state index in [1.54, 1.807) is 0 Å². The molecule has 0 radical (unpaired) electrons. The van der Waals surface area contributed by atoms with Crippen LogP contribution in [0.5, 0.6) is 0 Å². The SMILES string of the molecule is CC(CCCN)C(=O)N1CCC(CCC(=O)O)C1. The van der Waals surface area contributed by atoms with Gasteiger partial charge in [0.05, 0.1) is 0 Å². The molecule has 1 aliphatic heterocycles. The fourth-order valence-corrected chi connectivity index (χ4v) is 2.46. The molecule has 0 spiro atoms. The maximum atomic E-state index is 12.1. The van der Waals surface area contributed by atoms with E-state index in [1.807, 2.05) is 11.8 Å². The normalized spacial score (nSPS) is 21.0. The number of nitrogens with zero attached hydrogens (tertiary/aromatic N) is 1. The lowest BCUT2D eigenvalue weighted by atomic mass is 10.0. The molecule has 1 saturated heterocycles. The largest absolute Gasteiger partial charge is 0.481 e. The Morgan fingerprint density at radius 1 is 1.50 bits per heavy atom. The van der Waals surface area contributed by atoms with E-state index in [9.17, 15) is 9.59 Å². The predicted octanol–water partition coefficient (Wildman–Crippen LogP) is 1.07. The minimum absolute atomic E-state index is 0.0340. The van der Waals surface area contributed by atoms with Crippen LogP contribution in [0.4, 0.5) is 0 Å². The van der Waals surface area contributed by atoms with Gasteiger partial charge in [0, 0.05) is 25.4 Å². The lowest BCUT2D eigenvalue weighted by Crippen LogP contribution is -2.33. The number of carboxylic acid groups (broad SMARTS) is 1. The van der Waals surface area contributed by atoms with Crippen molar-refractivity contribution in [1.29, 1.82) is 0 Å². The van der Waals surface area contributed by atoms with Gasteiger partial charge in [-0.1, -0.05) is 6.92 Å². The van der Waals surface area contributed by atoms with E-state index >= 15 is 0 Å². The predicted molar refractivity (Wildman–Crippen MR) is 69.0 cm³/mol. The van der Waals surface area contributed by atoms with Crippen LogP contribution in [0, 0.1) is 11.8 Å². The summed E-state index contributed by atoms with van der Waals surface area (Å²) in [6.45, 7) is 4.07. The highest BCUT2D eigenvalue weighted by molar-refractivity contribution is 5.78. The topological polar surface area (TPSA) is 83.6 Å². The molecule has 0 bridgehead atoms. The molecular weight excluding hydrogens is 232 g/mol. The Hall–Kier alpha value is -1.10. The van der Waals surface area contributed by atoms with E-state index in [0.717, 1.165) is 32.4 Å². The van der Waals surface area contributed by atoms with Gasteiger partial charge < -0.3 is 15.7 Å². The van der Waals surface area contributed by atoms with Gasteiger partial charge in [-0.2, -0.15) is 0 Å². The van der Waals surface area contributed by atoms with Gasteiger partial charge in [-0.15, -0.1) is 0 Å². The van der Waals surface area contributed by atoms with Crippen LogP contribution in [0.1, 0.15) is 39.0 Å². The monoisotopic (exact) mass is 256 g/mol. The molecule has 18 heavy (non-hydrogen) atoms. The summed E-state index contributed by atoms with van der Waals surface area (Å²) >= 11 is 0. The summed E-state index contributed by atoms with van der Waals surface area (Å²) in [6.07, 6.45) is 3.53. The van der Waals surface area contributed by atoms with Gasteiger partial charge in [0.2, 0.25) is 5.91 Å². The molecule has 5 heteroatoms. The first kappa shape index (κ1) is 15.0. The van der Waals surface area contributed by atoms with E-state index in [1.165, 1.54) is 0 Å². The molecule has 0 aromatic carbocycles. The van der Waals surface area contributed by atoms with E-state index in [4.69, 9.17) is 10.8 Å². The summed E-state index contributed by atoms with van der Waals surface area (Å²) in [7, 11) is 0. The zero-order valence-corrected chi connectivity index (χ0v) is 11.1. The first-order chi connectivity index (χ1) is 8.54. The number of hydrogen-bond donors (Lipinski definition) is 2. The summed E-state index contributed by atoms with van der Waals surface area (Å²) in [5.74, 6) is -0.170. The number of likely N-dealkylation sites (tertiary alicyclic amines) is 1. The first-order valence-corrected chi connectivity index (χ1v) is 6.75. The summed E-state index contributed by atoms with van der Waals surface area (Å²) < 4.78 is 0. The highest BCUT2D eigenvalue weighted by atomic mass is 16.4. The molecule has 5 nitrogen and oxygen atoms in total. The molecule has 0 aliphatic carbocycles. The van der Waals surface area contributed by atoms with Crippen LogP contribution in [0.3, 0.4) is 0 Å². The molecule has 104 valence electrons. The van der Waals surface area contributed by atoms with Crippen LogP contribution in [0.15, 0.2) is 0 Å². The van der Waals surface area contributed by atoms with Crippen molar-refractivity contribution in [2.45, 2.75) is 39.0 Å². The van der Waals surface area contributed by atoms with Gasteiger partial charge in [0.15, 0.2) is 0 Å². The van der Waals surface area contributed by atoms with E-state index < -0.39 is 5.97 Å². The maximum absolute atomic E-state index is 12.1. The van der Waals surface area contributed by atoms with Crippen molar-refractivity contribution < 1.29 is 14.7 Å². The van der Waals surface area contributed by atoms with Gasteiger partial charge in [-0.25, -0.2) is 0 Å². The minimum atomic E-state index is -0.754. The molecule has 0 aromatic rings. The van der Waals surface area contributed by atoms with Crippen molar-refractivity contribution in [3.8, 4) is 0 Å². The van der Waals surface area contributed by atoms with Gasteiger partial charge in [0.25, 0.3) is 0 Å². The second-order valence-electron chi connectivity index (χ2n) is 5.20. The van der Waals surface area contributed by atoms with Gasteiger partial charge in [0.1, 0.15) is 0 Å². The number of amides is 1. The first-order valence-electron chi connectivity index (χ1n) is 6.75. The Balaban J connectivity index is 2.31. The average Bonchev–Trinajstić information content (AvgIpc) is 2.81. The van der Waals surface area contributed by atoms with Crippen molar-refractivity contribution in [2.24, 2.45) is 17.6 Å².